The summed E-state index contributed by atoms with van der Waals surface area (Å²) >= 11 is 0. The van der Waals surface area contributed by atoms with E-state index in [-0.39, 0.29) is 18.1 Å². The van der Waals surface area contributed by atoms with Crippen molar-refractivity contribution in [1.82, 2.24) is 15.0 Å². The SMILES string of the molecule is COc1ccc(-c2cnc3c(n2)N(c2ccc4[nH]ccc4c2)C(=O)C3)cc1F. The summed E-state index contributed by atoms with van der Waals surface area (Å²) in [5.41, 5.74) is 3.38. The summed E-state index contributed by atoms with van der Waals surface area (Å²) < 4.78 is 19.1. The maximum absolute atomic E-state index is 14.1. The van der Waals surface area contributed by atoms with Gasteiger partial charge >= 0.3 is 0 Å². The van der Waals surface area contributed by atoms with Gasteiger partial charge in [-0.3, -0.25) is 14.7 Å². The van der Waals surface area contributed by atoms with Crippen LogP contribution in [0.1, 0.15) is 5.69 Å². The number of hydrogen-bond acceptors (Lipinski definition) is 4. The van der Waals surface area contributed by atoms with Gasteiger partial charge in [0, 0.05) is 22.7 Å². The lowest BCUT2D eigenvalue weighted by molar-refractivity contribution is -0.116. The number of H-pyrrole nitrogens is 1. The van der Waals surface area contributed by atoms with Crippen molar-refractivity contribution < 1.29 is 13.9 Å². The van der Waals surface area contributed by atoms with Crippen LogP contribution < -0.4 is 9.64 Å². The van der Waals surface area contributed by atoms with E-state index in [0.717, 1.165) is 16.6 Å². The van der Waals surface area contributed by atoms with E-state index < -0.39 is 5.82 Å². The second kappa shape index (κ2) is 6.16. The van der Waals surface area contributed by atoms with E-state index >= 15 is 0 Å². The number of benzene rings is 2. The minimum absolute atomic E-state index is 0.0945. The maximum atomic E-state index is 14.1. The van der Waals surface area contributed by atoms with Crippen molar-refractivity contribution in [3.05, 3.63) is 66.4 Å². The highest BCUT2D eigenvalue weighted by Crippen LogP contribution is 2.36. The Balaban J connectivity index is 1.60. The molecule has 1 amide bonds. The molecule has 0 fully saturated rings. The number of fused-ring (bicyclic) bond motifs is 2. The molecule has 3 heterocycles. The fraction of sp³-hybridized carbons (Fsp3) is 0.0952. The molecule has 0 radical (unpaired) electrons. The van der Waals surface area contributed by atoms with Crippen LogP contribution in [0.15, 0.2) is 54.9 Å². The highest BCUT2D eigenvalue weighted by molar-refractivity contribution is 6.07. The molecule has 2 aromatic carbocycles. The summed E-state index contributed by atoms with van der Waals surface area (Å²) in [5, 5.41) is 1.00. The molecule has 0 saturated carbocycles. The number of hydrogen-bond donors (Lipinski definition) is 1. The lowest BCUT2D eigenvalue weighted by atomic mass is 10.1. The molecule has 4 aromatic rings. The fourth-order valence-corrected chi connectivity index (χ4v) is 3.46. The molecule has 1 N–H and O–H groups in total. The summed E-state index contributed by atoms with van der Waals surface area (Å²) in [5.74, 6) is 0.0687. The van der Waals surface area contributed by atoms with Crippen LogP contribution in [0.5, 0.6) is 5.75 Å². The largest absolute Gasteiger partial charge is 0.494 e. The molecular weight excluding hydrogens is 359 g/mol. The highest BCUT2D eigenvalue weighted by atomic mass is 19.1. The Morgan fingerprint density at radius 3 is 2.89 bits per heavy atom. The maximum Gasteiger partial charge on any atom is 0.238 e. The lowest BCUT2D eigenvalue weighted by Gasteiger charge is -2.17. The van der Waals surface area contributed by atoms with E-state index in [1.807, 2.05) is 30.5 Å². The number of ether oxygens (including phenoxy) is 1. The molecule has 2 aromatic heterocycles. The predicted octanol–water partition coefficient (Wildman–Crippen LogP) is 3.99. The normalized spacial score (nSPS) is 13.2. The average molecular weight is 374 g/mol. The van der Waals surface area contributed by atoms with Gasteiger partial charge in [-0.2, -0.15) is 0 Å². The van der Waals surface area contributed by atoms with E-state index in [9.17, 15) is 9.18 Å². The van der Waals surface area contributed by atoms with Crippen LogP contribution in [0.2, 0.25) is 0 Å². The van der Waals surface area contributed by atoms with Gasteiger partial charge in [-0.25, -0.2) is 9.37 Å². The average Bonchev–Trinajstić information content (AvgIpc) is 3.29. The molecule has 0 bridgehead atoms. The second-order valence-corrected chi connectivity index (χ2v) is 6.53. The number of amides is 1. The Hall–Kier alpha value is -3.74. The Bertz CT molecular complexity index is 1230. The molecular formula is C21H15FN4O2. The second-order valence-electron chi connectivity index (χ2n) is 6.53. The first-order valence-electron chi connectivity index (χ1n) is 8.74. The third-order valence-electron chi connectivity index (χ3n) is 4.85. The van der Waals surface area contributed by atoms with Crippen LogP contribution in [0.3, 0.4) is 0 Å². The summed E-state index contributed by atoms with van der Waals surface area (Å²) in [6.07, 6.45) is 3.60. The minimum atomic E-state index is -0.479. The monoisotopic (exact) mass is 374 g/mol. The van der Waals surface area contributed by atoms with Crippen molar-refractivity contribution in [3.63, 3.8) is 0 Å². The number of nitrogens with zero attached hydrogens (tertiary/aromatic N) is 3. The summed E-state index contributed by atoms with van der Waals surface area (Å²) in [7, 11) is 1.41. The van der Waals surface area contributed by atoms with Crippen LogP contribution in [0, 0.1) is 5.82 Å². The number of rotatable bonds is 3. The molecule has 0 atom stereocenters. The number of aromatic amines is 1. The zero-order valence-corrected chi connectivity index (χ0v) is 14.9. The number of nitrogens with one attached hydrogen (secondary N) is 1. The van der Waals surface area contributed by atoms with Gasteiger partial charge in [0.2, 0.25) is 5.91 Å². The molecule has 0 aliphatic carbocycles. The number of halogens is 1. The molecule has 1 aliphatic rings. The third-order valence-corrected chi connectivity index (χ3v) is 4.85. The Labute approximate surface area is 159 Å². The fourth-order valence-electron chi connectivity index (χ4n) is 3.46. The van der Waals surface area contributed by atoms with Crippen LogP contribution in [0.25, 0.3) is 22.2 Å². The number of methoxy groups -OCH3 is 1. The minimum Gasteiger partial charge on any atom is -0.494 e. The van der Waals surface area contributed by atoms with Crippen molar-refractivity contribution in [2.45, 2.75) is 6.42 Å². The number of anilines is 2. The molecule has 0 spiro atoms. The highest BCUT2D eigenvalue weighted by Gasteiger charge is 2.32. The number of carbonyl (C=O) groups excluding carboxylic acids is 1. The van der Waals surface area contributed by atoms with Gasteiger partial charge in [0.05, 0.1) is 36.8 Å². The molecule has 1 aliphatic heterocycles. The first-order chi connectivity index (χ1) is 13.6. The van der Waals surface area contributed by atoms with E-state index in [1.165, 1.54) is 13.2 Å². The molecule has 7 heteroatoms. The number of carbonyl (C=O) groups is 1. The zero-order valence-electron chi connectivity index (χ0n) is 14.9. The van der Waals surface area contributed by atoms with Gasteiger partial charge in [0.1, 0.15) is 0 Å². The molecule has 28 heavy (non-hydrogen) atoms. The van der Waals surface area contributed by atoms with Crippen molar-refractivity contribution >= 4 is 28.3 Å². The predicted molar refractivity (Wildman–Crippen MR) is 103 cm³/mol. The summed E-state index contributed by atoms with van der Waals surface area (Å²) in [6.45, 7) is 0. The van der Waals surface area contributed by atoms with E-state index in [2.05, 4.69) is 15.0 Å². The van der Waals surface area contributed by atoms with Gasteiger partial charge in [0.25, 0.3) is 0 Å². The quantitative estimate of drug-likeness (QED) is 0.589. The first kappa shape index (κ1) is 16.4. The van der Waals surface area contributed by atoms with Crippen LogP contribution in [0.4, 0.5) is 15.9 Å². The molecule has 0 saturated heterocycles. The van der Waals surface area contributed by atoms with E-state index in [1.54, 1.807) is 23.2 Å². The van der Waals surface area contributed by atoms with Crippen molar-refractivity contribution in [2.75, 3.05) is 12.0 Å². The van der Waals surface area contributed by atoms with Gasteiger partial charge in [0.15, 0.2) is 17.4 Å². The molecule has 0 unspecified atom stereocenters. The molecule has 5 rings (SSSR count). The smallest absolute Gasteiger partial charge is 0.238 e. The van der Waals surface area contributed by atoms with Crippen LogP contribution >= 0.6 is 0 Å². The van der Waals surface area contributed by atoms with Crippen molar-refractivity contribution in [2.24, 2.45) is 0 Å². The van der Waals surface area contributed by atoms with Crippen LogP contribution in [-0.4, -0.2) is 28.0 Å². The Morgan fingerprint density at radius 1 is 1.18 bits per heavy atom. The van der Waals surface area contributed by atoms with Gasteiger partial charge in [-0.1, -0.05) is 0 Å². The summed E-state index contributed by atoms with van der Waals surface area (Å²) in [4.78, 5) is 26.4. The molecule has 6 nitrogen and oxygen atoms in total. The van der Waals surface area contributed by atoms with Crippen molar-refractivity contribution in [3.8, 4) is 17.0 Å². The van der Waals surface area contributed by atoms with Gasteiger partial charge < -0.3 is 9.72 Å². The standard InChI is InChI=1S/C21H15FN4O2/c1-28-19-5-2-12(9-15(19)22)18-11-24-17-10-20(27)26(21(17)25-18)14-3-4-16-13(8-14)6-7-23-16/h2-9,11,23H,10H2,1H3. The summed E-state index contributed by atoms with van der Waals surface area (Å²) in [6, 6.07) is 12.3. The lowest BCUT2D eigenvalue weighted by Crippen LogP contribution is -2.21. The topological polar surface area (TPSA) is 71.1 Å². The van der Waals surface area contributed by atoms with E-state index in [0.29, 0.717) is 22.8 Å². The van der Waals surface area contributed by atoms with Crippen molar-refractivity contribution in [1.29, 1.82) is 0 Å². The third kappa shape index (κ3) is 2.51. The first-order valence-corrected chi connectivity index (χ1v) is 8.74. The van der Waals surface area contributed by atoms with E-state index in [4.69, 9.17) is 4.74 Å². The van der Waals surface area contributed by atoms with Gasteiger partial charge in [-0.15, -0.1) is 0 Å². The Morgan fingerprint density at radius 2 is 2.07 bits per heavy atom. The number of aromatic nitrogens is 3. The molecule has 138 valence electrons. The Kier molecular flexibility index (Phi) is 3.61. The van der Waals surface area contributed by atoms with Gasteiger partial charge in [-0.05, 0) is 42.5 Å². The van der Waals surface area contributed by atoms with Crippen LogP contribution in [-0.2, 0) is 11.2 Å². The zero-order chi connectivity index (χ0) is 19.3.